The number of hydrogen-bond acceptors (Lipinski definition) is 2. The number of carbonyl (C=O) groups is 2. The van der Waals surface area contributed by atoms with Crippen LogP contribution < -0.4 is 4.90 Å². The lowest BCUT2D eigenvalue weighted by atomic mass is 10.00. The summed E-state index contributed by atoms with van der Waals surface area (Å²) in [5, 5.41) is 0. The zero-order valence-corrected chi connectivity index (χ0v) is 11.7. The Balaban J connectivity index is 2.02. The van der Waals surface area contributed by atoms with Crippen molar-refractivity contribution in [2.24, 2.45) is 11.8 Å². The van der Waals surface area contributed by atoms with E-state index in [-0.39, 0.29) is 23.7 Å². The number of aryl methyl sites for hydroxylation is 1. The lowest BCUT2D eigenvalue weighted by Crippen LogP contribution is -2.31. The summed E-state index contributed by atoms with van der Waals surface area (Å²) in [4.78, 5) is 26.0. The summed E-state index contributed by atoms with van der Waals surface area (Å²) in [5.74, 6) is -0.199. The molecule has 2 atom stereocenters. The van der Waals surface area contributed by atoms with Crippen molar-refractivity contribution < 1.29 is 9.59 Å². The molecule has 2 amide bonds. The third-order valence-corrected chi connectivity index (χ3v) is 4.57. The first kappa shape index (κ1) is 11.9. The number of carbonyl (C=O) groups excluding carboxylic acids is 2. The molecule has 1 aliphatic heterocycles. The van der Waals surface area contributed by atoms with E-state index in [1.165, 1.54) is 4.90 Å². The first-order chi connectivity index (χ1) is 8.59. The number of rotatable bonds is 1. The van der Waals surface area contributed by atoms with Gasteiger partial charge in [-0.2, -0.15) is 0 Å². The molecule has 1 saturated heterocycles. The molecular weight excluding hydrogens is 294 g/mol. The summed E-state index contributed by atoms with van der Waals surface area (Å²) in [7, 11) is 0. The molecule has 1 aromatic rings. The zero-order chi connectivity index (χ0) is 12.9. The van der Waals surface area contributed by atoms with Gasteiger partial charge in [0.2, 0.25) is 11.8 Å². The first-order valence-corrected chi connectivity index (χ1v) is 7.03. The minimum Gasteiger partial charge on any atom is -0.274 e. The molecule has 3 nitrogen and oxygen atoms in total. The molecule has 1 aliphatic carbocycles. The van der Waals surface area contributed by atoms with Gasteiger partial charge < -0.3 is 0 Å². The van der Waals surface area contributed by atoms with E-state index in [1.54, 1.807) is 0 Å². The Morgan fingerprint density at radius 2 is 1.78 bits per heavy atom. The van der Waals surface area contributed by atoms with Crippen LogP contribution in [0.25, 0.3) is 0 Å². The average molecular weight is 308 g/mol. The van der Waals surface area contributed by atoms with Crippen LogP contribution in [0.5, 0.6) is 0 Å². The molecule has 1 heterocycles. The summed E-state index contributed by atoms with van der Waals surface area (Å²) < 4.78 is 0.809. The summed E-state index contributed by atoms with van der Waals surface area (Å²) in [5.41, 5.74) is 1.79. The fraction of sp³-hybridized carbons (Fsp3) is 0.429. The largest absolute Gasteiger partial charge is 0.274 e. The maximum absolute atomic E-state index is 12.3. The molecule has 2 unspecified atom stereocenters. The second-order valence-corrected chi connectivity index (χ2v) is 5.96. The standard InChI is InChI=1S/C14H14BrNO2/c1-8-5-6-12(11(15)7-8)16-13(17)9-3-2-4-10(9)14(16)18/h5-7,9-10H,2-4H2,1H3. The first-order valence-electron chi connectivity index (χ1n) is 6.23. The van der Waals surface area contributed by atoms with Crippen molar-refractivity contribution >= 4 is 33.4 Å². The molecular formula is C14H14BrNO2. The van der Waals surface area contributed by atoms with Gasteiger partial charge in [0, 0.05) is 4.47 Å². The van der Waals surface area contributed by atoms with Crippen LogP contribution in [0.15, 0.2) is 22.7 Å². The van der Waals surface area contributed by atoms with Crippen molar-refractivity contribution in [1.29, 1.82) is 0 Å². The van der Waals surface area contributed by atoms with Gasteiger partial charge in [-0.15, -0.1) is 0 Å². The number of nitrogens with zero attached hydrogens (tertiary/aromatic N) is 1. The fourth-order valence-corrected chi connectivity index (χ4v) is 3.69. The lowest BCUT2D eigenvalue weighted by Gasteiger charge is -2.17. The summed E-state index contributed by atoms with van der Waals surface area (Å²) in [6.07, 6.45) is 2.71. The number of amides is 2. The van der Waals surface area contributed by atoms with Crippen molar-refractivity contribution in [2.45, 2.75) is 26.2 Å². The van der Waals surface area contributed by atoms with Crippen molar-refractivity contribution in [3.8, 4) is 0 Å². The average Bonchev–Trinajstić information content (AvgIpc) is 2.87. The highest BCUT2D eigenvalue weighted by Gasteiger charge is 2.50. The minimum atomic E-state index is -0.0781. The van der Waals surface area contributed by atoms with Crippen LogP contribution in [0.3, 0.4) is 0 Å². The fourth-order valence-electron chi connectivity index (χ4n) is 3.02. The summed E-state index contributed by atoms with van der Waals surface area (Å²) in [6, 6.07) is 5.70. The molecule has 18 heavy (non-hydrogen) atoms. The van der Waals surface area contributed by atoms with E-state index in [0.29, 0.717) is 5.69 Å². The van der Waals surface area contributed by atoms with E-state index >= 15 is 0 Å². The normalized spacial score (nSPS) is 26.9. The minimum absolute atomic E-state index is 0.0212. The van der Waals surface area contributed by atoms with E-state index in [0.717, 1.165) is 29.3 Å². The van der Waals surface area contributed by atoms with E-state index in [2.05, 4.69) is 15.9 Å². The van der Waals surface area contributed by atoms with Gasteiger partial charge in [0.15, 0.2) is 0 Å². The quantitative estimate of drug-likeness (QED) is 0.748. The molecule has 0 bridgehead atoms. The monoisotopic (exact) mass is 307 g/mol. The van der Waals surface area contributed by atoms with Crippen molar-refractivity contribution in [3.05, 3.63) is 28.2 Å². The highest BCUT2D eigenvalue weighted by atomic mass is 79.9. The highest BCUT2D eigenvalue weighted by Crippen LogP contribution is 2.43. The number of halogens is 1. The molecule has 0 spiro atoms. The van der Waals surface area contributed by atoms with E-state index in [4.69, 9.17) is 0 Å². The van der Waals surface area contributed by atoms with Crippen LogP contribution in [-0.4, -0.2) is 11.8 Å². The van der Waals surface area contributed by atoms with Crippen LogP contribution in [0.1, 0.15) is 24.8 Å². The third kappa shape index (κ3) is 1.62. The van der Waals surface area contributed by atoms with Gasteiger partial charge in [-0.25, -0.2) is 4.90 Å². The number of fused-ring (bicyclic) bond motifs is 1. The van der Waals surface area contributed by atoms with E-state index < -0.39 is 0 Å². The van der Waals surface area contributed by atoms with Gasteiger partial charge in [-0.1, -0.05) is 12.5 Å². The number of benzene rings is 1. The molecule has 0 N–H and O–H groups in total. The molecule has 2 fully saturated rings. The molecule has 0 radical (unpaired) electrons. The molecule has 0 aromatic heterocycles. The second-order valence-electron chi connectivity index (χ2n) is 5.11. The second kappa shape index (κ2) is 4.19. The molecule has 2 aliphatic rings. The van der Waals surface area contributed by atoms with Crippen LogP contribution in [0.4, 0.5) is 5.69 Å². The molecule has 1 aromatic carbocycles. The molecule has 4 heteroatoms. The van der Waals surface area contributed by atoms with Crippen LogP contribution in [0, 0.1) is 18.8 Å². The number of anilines is 1. The smallest absolute Gasteiger partial charge is 0.237 e. The van der Waals surface area contributed by atoms with Crippen molar-refractivity contribution in [1.82, 2.24) is 0 Å². The number of hydrogen-bond donors (Lipinski definition) is 0. The van der Waals surface area contributed by atoms with Gasteiger partial charge >= 0.3 is 0 Å². The Morgan fingerprint density at radius 1 is 1.17 bits per heavy atom. The predicted octanol–water partition coefficient (Wildman–Crippen LogP) is 3.05. The summed E-state index contributed by atoms with van der Waals surface area (Å²) in [6.45, 7) is 1.98. The third-order valence-electron chi connectivity index (χ3n) is 3.94. The maximum atomic E-state index is 12.3. The highest BCUT2D eigenvalue weighted by molar-refractivity contribution is 9.10. The van der Waals surface area contributed by atoms with Gasteiger partial charge in [-0.3, -0.25) is 9.59 Å². The summed E-state index contributed by atoms with van der Waals surface area (Å²) >= 11 is 3.45. The van der Waals surface area contributed by atoms with Crippen molar-refractivity contribution in [3.63, 3.8) is 0 Å². The van der Waals surface area contributed by atoms with Crippen LogP contribution in [-0.2, 0) is 9.59 Å². The van der Waals surface area contributed by atoms with E-state index in [9.17, 15) is 9.59 Å². The Bertz CT molecular complexity index is 519. The Kier molecular flexibility index (Phi) is 2.77. The Hall–Kier alpha value is -1.16. The molecule has 1 saturated carbocycles. The van der Waals surface area contributed by atoms with Gasteiger partial charge in [0.25, 0.3) is 0 Å². The maximum Gasteiger partial charge on any atom is 0.237 e. The zero-order valence-electron chi connectivity index (χ0n) is 10.1. The van der Waals surface area contributed by atoms with Crippen molar-refractivity contribution in [2.75, 3.05) is 4.90 Å². The predicted molar refractivity (Wildman–Crippen MR) is 72.2 cm³/mol. The number of imide groups is 1. The van der Waals surface area contributed by atoms with E-state index in [1.807, 2.05) is 25.1 Å². The molecule has 3 rings (SSSR count). The lowest BCUT2D eigenvalue weighted by molar-refractivity contribution is -0.122. The Labute approximate surface area is 114 Å². The van der Waals surface area contributed by atoms with Crippen LogP contribution in [0.2, 0.25) is 0 Å². The van der Waals surface area contributed by atoms with Gasteiger partial charge in [0.05, 0.1) is 17.5 Å². The van der Waals surface area contributed by atoms with Crippen LogP contribution >= 0.6 is 15.9 Å². The topological polar surface area (TPSA) is 37.4 Å². The molecule has 94 valence electrons. The Morgan fingerprint density at radius 3 is 2.33 bits per heavy atom. The van der Waals surface area contributed by atoms with Gasteiger partial charge in [0.1, 0.15) is 0 Å². The SMILES string of the molecule is Cc1ccc(N2C(=O)C3CCCC3C2=O)c(Br)c1. The van der Waals surface area contributed by atoms with Gasteiger partial charge in [-0.05, 0) is 53.4 Å².